The number of hydrogen-bond acceptors (Lipinski definition) is 7. The highest BCUT2D eigenvalue weighted by atomic mass is 32.1. The number of thiophene rings is 1. The Labute approximate surface area is 122 Å². The fourth-order valence-electron chi connectivity index (χ4n) is 1.73. The quantitative estimate of drug-likeness (QED) is 0.592. The van der Waals surface area contributed by atoms with E-state index in [1.807, 2.05) is 6.92 Å². The molecule has 0 fully saturated rings. The normalized spacial score (nSPS) is 12.0. The molecule has 0 saturated carbocycles. The molecule has 20 heavy (non-hydrogen) atoms. The predicted octanol–water partition coefficient (Wildman–Crippen LogP) is 2.16. The number of anilines is 2. The molecule has 112 valence electrons. The summed E-state index contributed by atoms with van der Waals surface area (Å²) in [6.45, 7) is 4.12. The average Bonchev–Trinajstić information content (AvgIpc) is 2.74. The third-order valence-corrected chi connectivity index (χ3v) is 3.88. The third kappa shape index (κ3) is 3.49. The van der Waals surface area contributed by atoms with E-state index in [2.05, 4.69) is 5.32 Å². The molecule has 1 aromatic heterocycles. The van der Waals surface area contributed by atoms with Crippen LogP contribution in [-0.4, -0.2) is 38.6 Å². The number of nitrogens with two attached hydrogens (primary N) is 1. The first kappa shape index (κ1) is 16.5. The first-order chi connectivity index (χ1) is 9.46. The Morgan fingerprint density at radius 2 is 2.05 bits per heavy atom. The van der Waals surface area contributed by atoms with Crippen molar-refractivity contribution in [2.75, 3.05) is 31.9 Å². The van der Waals surface area contributed by atoms with Crippen LogP contribution in [0.5, 0.6) is 0 Å². The van der Waals surface area contributed by atoms with Gasteiger partial charge in [-0.15, -0.1) is 11.3 Å². The molecule has 0 saturated heterocycles. The second kappa shape index (κ2) is 7.25. The van der Waals surface area contributed by atoms with Gasteiger partial charge in [-0.25, -0.2) is 4.79 Å². The molecule has 1 atom stereocenters. The largest absolute Gasteiger partial charge is 0.465 e. The summed E-state index contributed by atoms with van der Waals surface area (Å²) in [7, 11) is 2.87. The molecule has 0 radical (unpaired) electrons. The van der Waals surface area contributed by atoms with E-state index in [0.717, 1.165) is 0 Å². The minimum absolute atomic E-state index is 0.0222. The molecule has 0 aliphatic carbocycles. The summed E-state index contributed by atoms with van der Waals surface area (Å²) in [5, 5.41) is 3.66. The summed E-state index contributed by atoms with van der Waals surface area (Å²) in [5.74, 6) is -0.647. The number of nitrogens with one attached hydrogen (secondary N) is 1. The summed E-state index contributed by atoms with van der Waals surface area (Å²) in [6.07, 6.45) is 0.332. The summed E-state index contributed by atoms with van der Waals surface area (Å²) in [4.78, 5) is 24.1. The van der Waals surface area contributed by atoms with E-state index in [4.69, 9.17) is 15.2 Å². The monoisotopic (exact) mass is 300 g/mol. The van der Waals surface area contributed by atoms with E-state index in [9.17, 15) is 9.59 Å². The highest BCUT2D eigenvalue weighted by molar-refractivity contribution is 7.19. The van der Waals surface area contributed by atoms with Crippen LogP contribution in [0.3, 0.4) is 0 Å². The first-order valence-electron chi connectivity index (χ1n) is 6.25. The average molecular weight is 300 g/mol. The molecule has 0 amide bonds. The number of esters is 1. The second-order valence-corrected chi connectivity index (χ2v) is 5.34. The number of rotatable bonds is 7. The summed E-state index contributed by atoms with van der Waals surface area (Å²) >= 11 is 1.17. The van der Waals surface area contributed by atoms with E-state index in [0.29, 0.717) is 22.9 Å². The van der Waals surface area contributed by atoms with Crippen LogP contribution in [0, 0.1) is 0 Å². The van der Waals surface area contributed by atoms with Crippen molar-refractivity contribution in [3.63, 3.8) is 0 Å². The Balaban J connectivity index is 3.20. The van der Waals surface area contributed by atoms with Crippen LogP contribution in [0.4, 0.5) is 10.7 Å². The third-order valence-electron chi connectivity index (χ3n) is 2.70. The first-order valence-corrected chi connectivity index (χ1v) is 7.07. The Morgan fingerprint density at radius 3 is 2.55 bits per heavy atom. The molecule has 1 unspecified atom stereocenters. The number of methoxy groups -OCH3 is 2. The maximum atomic E-state index is 11.8. The molecule has 7 heteroatoms. The van der Waals surface area contributed by atoms with Gasteiger partial charge in [0.2, 0.25) is 0 Å². The maximum absolute atomic E-state index is 11.8. The molecular formula is C13H20N2O4S. The molecule has 0 spiro atoms. The highest BCUT2D eigenvalue weighted by Gasteiger charge is 2.26. The Hall–Kier alpha value is -1.60. The van der Waals surface area contributed by atoms with Crippen molar-refractivity contribution in [3.05, 3.63) is 10.4 Å². The van der Waals surface area contributed by atoms with Crippen LogP contribution in [-0.2, 0) is 9.47 Å². The Kier molecular flexibility index (Phi) is 5.97. The van der Waals surface area contributed by atoms with Gasteiger partial charge in [-0.1, -0.05) is 6.92 Å². The van der Waals surface area contributed by atoms with Crippen molar-refractivity contribution in [1.82, 2.24) is 0 Å². The summed E-state index contributed by atoms with van der Waals surface area (Å²) in [6, 6.07) is -0.0222. The Morgan fingerprint density at radius 1 is 1.40 bits per heavy atom. The van der Waals surface area contributed by atoms with Gasteiger partial charge in [0, 0.05) is 19.6 Å². The van der Waals surface area contributed by atoms with Gasteiger partial charge in [-0.2, -0.15) is 0 Å². The van der Waals surface area contributed by atoms with E-state index in [1.54, 1.807) is 14.0 Å². The fourth-order valence-corrected chi connectivity index (χ4v) is 2.96. The second-order valence-electron chi connectivity index (χ2n) is 4.32. The molecule has 3 N–H and O–H groups in total. The maximum Gasteiger partial charge on any atom is 0.343 e. The lowest BCUT2D eigenvalue weighted by atomic mass is 10.1. The summed E-state index contributed by atoms with van der Waals surface area (Å²) < 4.78 is 9.77. The van der Waals surface area contributed by atoms with Crippen LogP contribution < -0.4 is 11.1 Å². The number of ether oxygens (including phenoxy) is 2. The lowest BCUT2D eigenvalue weighted by Gasteiger charge is -2.13. The van der Waals surface area contributed by atoms with Crippen molar-refractivity contribution in [2.24, 2.45) is 0 Å². The minimum atomic E-state index is -0.555. The molecule has 0 aliphatic heterocycles. The topological polar surface area (TPSA) is 90.6 Å². The molecule has 6 nitrogen and oxygen atoms in total. The molecule has 1 rings (SSSR count). The Bertz CT molecular complexity index is 499. The van der Waals surface area contributed by atoms with E-state index in [1.165, 1.54) is 18.4 Å². The fraction of sp³-hybridized carbons (Fsp3) is 0.538. The van der Waals surface area contributed by atoms with Crippen LogP contribution >= 0.6 is 11.3 Å². The molecule has 0 aliphatic rings. The number of carbonyl (C=O) groups excluding carboxylic acids is 2. The van der Waals surface area contributed by atoms with Crippen molar-refractivity contribution >= 4 is 33.8 Å². The van der Waals surface area contributed by atoms with Gasteiger partial charge in [0.05, 0.1) is 24.3 Å². The lowest BCUT2D eigenvalue weighted by Crippen LogP contribution is -2.21. The van der Waals surface area contributed by atoms with Crippen LogP contribution in [0.25, 0.3) is 0 Å². The number of hydrogen-bond donors (Lipinski definition) is 2. The predicted molar refractivity (Wildman–Crippen MR) is 79.7 cm³/mol. The van der Waals surface area contributed by atoms with Gasteiger partial charge < -0.3 is 20.5 Å². The van der Waals surface area contributed by atoms with Crippen molar-refractivity contribution < 1.29 is 19.1 Å². The van der Waals surface area contributed by atoms with Gasteiger partial charge in [0.15, 0.2) is 5.78 Å². The number of ketones is 1. The van der Waals surface area contributed by atoms with Crippen molar-refractivity contribution in [2.45, 2.75) is 26.3 Å². The van der Waals surface area contributed by atoms with Gasteiger partial charge in [-0.3, -0.25) is 4.79 Å². The molecular weight excluding hydrogens is 280 g/mol. The minimum Gasteiger partial charge on any atom is -0.465 e. The van der Waals surface area contributed by atoms with Crippen molar-refractivity contribution in [1.29, 1.82) is 0 Å². The summed E-state index contributed by atoms with van der Waals surface area (Å²) in [5.41, 5.74) is 6.33. The van der Waals surface area contributed by atoms with Gasteiger partial charge >= 0.3 is 5.97 Å². The standard InChI is InChI=1S/C13H20N2O4S/c1-5-8(16)11-10(14)9(13(17)19-4)12(20-11)15-7(2)6-18-3/h7,15H,5-6,14H2,1-4H3. The zero-order valence-electron chi connectivity index (χ0n) is 12.1. The zero-order valence-corrected chi connectivity index (χ0v) is 12.9. The molecule has 0 aromatic carbocycles. The smallest absolute Gasteiger partial charge is 0.343 e. The molecule has 1 heterocycles. The van der Waals surface area contributed by atoms with E-state index >= 15 is 0 Å². The zero-order chi connectivity index (χ0) is 15.3. The van der Waals surface area contributed by atoms with Crippen LogP contribution in [0.2, 0.25) is 0 Å². The van der Waals surface area contributed by atoms with Gasteiger partial charge in [-0.05, 0) is 6.92 Å². The molecule has 1 aromatic rings. The highest BCUT2D eigenvalue weighted by Crippen LogP contribution is 2.37. The lowest BCUT2D eigenvalue weighted by molar-refractivity contribution is 0.0603. The molecule has 0 bridgehead atoms. The van der Waals surface area contributed by atoms with Crippen LogP contribution in [0.15, 0.2) is 0 Å². The number of carbonyl (C=O) groups is 2. The number of nitrogen functional groups attached to an aromatic ring is 1. The number of Topliss-reactive ketones (excluding diaryl/α,β-unsaturated/α-hetero) is 1. The van der Waals surface area contributed by atoms with Gasteiger partial charge in [0.1, 0.15) is 10.6 Å². The van der Waals surface area contributed by atoms with E-state index < -0.39 is 5.97 Å². The van der Waals surface area contributed by atoms with Crippen LogP contribution in [0.1, 0.15) is 40.3 Å². The van der Waals surface area contributed by atoms with Crippen molar-refractivity contribution in [3.8, 4) is 0 Å². The van der Waals surface area contributed by atoms with Gasteiger partial charge in [0.25, 0.3) is 0 Å². The SMILES string of the molecule is CCC(=O)c1sc(NC(C)COC)c(C(=O)OC)c1N. The van der Waals surface area contributed by atoms with E-state index in [-0.39, 0.29) is 23.1 Å².